The molecule has 18 heavy (non-hydrogen) atoms. The number of carbonyl (C=O) groups is 1. The molecule has 0 saturated carbocycles. The summed E-state index contributed by atoms with van der Waals surface area (Å²) in [5, 5.41) is 0. The Hall–Kier alpha value is -0.960. The minimum atomic E-state index is 0.207. The maximum absolute atomic E-state index is 12.5. The van der Waals surface area contributed by atoms with Crippen LogP contribution in [0.15, 0.2) is 29.2 Å². The summed E-state index contributed by atoms with van der Waals surface area (Å²) < 4.78 is 0. The number of carbonyl (C=O) groups excluding carboxylic acids is 1. The Morgan fingerprint density at radius 3 is 2.67 bits per heavy atom. The lowest BCUT2D eigenvalue weighted by Gasteiger charge is -2.30. The highest BCUT2D eigenvalue weighted by Crippen LogP contribution is 2.25. The van der Waals surface area contributed by atoms with Crippen LogP contribution in [0.5, 0.6) is 0 Å². The van der Waals surface area contributed by atoms with Gasteiger partial charge in [-0.05, 0) is 36.6 Å². The summed E-state index contributed by atoms with van der Waals surface area (Å²) in [6.07, 6.45) is 2.27. The molecule has 0 radical (unpaired) electrons. The molecule has 3 heteroatoms. The molecule has 1 heterocycles. The van der Waals surface area contributed by atoms with Crippen molar-refractivity contribution < 1.29 is 4.79 Å². The summed E-state index contributed by atoms with van der Waals surface area (Å²) in [6, 6.07) is 7.97. The minimum absolute atomic E-state index is 0.207. The van der Waals surface area contributed by atoms with Crippen molar-refractivity contribution in [2.24, 2.45) is 5.92 Å². The summed E-state index contributed by atoms with van der Waals surface area (Å²) in [5.74, 6) is 1.97. The summed E-state index contributed by atoms with van der Waals surface area (Å²) in [7, 11) is 0. The van der Waals surface area contributed by atoms with E-state index in [4.69, 9.17) is 0 Å². The maximum Gasteiger partial charge on any atom is 0.254 e. The Morgan fingerprint density at radius 2 is 2.00 bits per heavy atom. The first-order chi connectivity index (χ1) is 8.72. The van der Waals surface area contributed by atoms with Crippen LogP contribution in [0.4, 0.5) is 0 Å². The van der Waals surface area contributed by atoms with Crippen molar-refractivity contribution in [3.63, 3.8) is 0 Å². The van der Waals surface area contributed by atoms with E-state index >= 15 is 0 Å². The van der Waals surface area contributed by atoms with Crippen molar-refractivity contribution >= 4 is 17.7 Å². The van der Waals surface area contributed by atoms with E-state index in [1.54, 1.807) is 11.8 Å². The van der Waals surface area contributed by atoms with Crippen LogP contribution in [0.1, 0.15) is 37.0 Å². The summed E-state index contributed by atoms with van der Waals surface area (Å²) >= 11 is 1.75. The highest BCUT2D eigenvalue weighted by atomic mass is 32.2. The topological polar surface area (TPSA) is 20.3 Å². The van der Waals surface area contributed by atoms with Crippen molar-refractivity contribution in [3.8, 4) is 0 Å². The van der Waals surface area contributed by atoms with Gasteiger partial charge in [-0.25, -0.2) is 0 Å². The van der Waals surface area contributed by atoms with E-state index in [0.717, 1.165) is 48.1 Å². The number of likely N-dealkylation sites (tertiary alicyclic amines) is 1. The predicted octanol–water partition coefficient (Wildman–Crippen LogP) is 3.67. The Labute approximate surface area is 114 Å². The van der Waals surface area contributed by atoms with Crippen molar-refractivity contribution in [3.05, 3.63) is 29.8 Å². The van der Waals surface area contributed by atoms with E-state index in [1.807, 2.05) is 29.2 Å². The maximum atomic E-state index is 12.5. The molecule has 0 aliphatic carbocycles. The number of amides is 1. The first-order valence-corrected chi connectivity index (χ1v) is 7.72. The number of hydrogen-bond donors (Lipinski definition) is 0. The van der Waals surface area contributed by atoms with E-state index in [2.05, 4.69) is 13.8 Å². The summed E-state index contributed by atoms with van der Waals surface area (Å²) in [4.78, 5) is 15.6. The number of thioether (sulfide) groups is 1. The van der Waals surface area contributed by atoms with Crippen LogP contribution < -0.4 is 0 Å². The number of nitrogens with zero attached hydrogens (tertiary/aromatic N) is 1. The smallest absolute Gasteiger partial charge is 0.254 e. The molecule has 98 valence electrons. The first kappa shape index (κ1) is 13.5. The van der Waals surface area contributed by atoms with Gasteiger partial charge < -0.3 is 4.90 Å². The van der Waals surface area contributed by atoms with Gasteiger partial charge in [0.2, 0.25) is 0 Å². The second kappa shape index (κ2) is 6.28. The zero-order valence-electron chi connectivity index (χ0n) is 11.2. The third kappa shape index (κ3) is 3.08. The van der Waals surface area contributed by atoms with Crippen LogP contribution in [0.2, 0.25) is 0 Å². The molecule has 1 aliphatic rings. The van der Waals surface area contributed by atoms with E-state index in [9.17, 15) is 4.79 Å². The van der Waals surface area contributed by atoms with Crippen LogP contribution in [-0.2, 0) is 0 Å². The average Bonchev–Trinajstić information content (AvgIpc) is 2.40. The van der Waals surface area contributed by atoms with Crippen LogP contribution in [0, 0.1) is 5.92 Å². The van der Waals surface area contributed by atoms with Crippen molar-refractivity contribution in [1.82, 2.24) is 4.90 Å². The molecule has 1 fully saturated rings. The zero-order valence-corrected chi connectivity index (χ0v) is 12.0. The van der Waals surface area contributed by atoms with Crippen molar-refractivity contribution in [1.29, 1.82) is 0 Å². The quantitative estimate of drug-likeness (QED) is 0.776. The van der Waals surface area contributed by atoms with Gasteiger partial charge in [0.15, 0.2) is 0 Å². The molecular formula is C15H21NOS. The van der Waals surface area contributed by atoms with Crippen molar-refractivity contribution in [2.75, 3.05) is 18.8 Å². The first-order valence-electron chi connectivity index (χ1n) is 6.73. The lowest BCUT2D eigenvalue weighted by molar-refractivity contribution is 0.0693. The molecule has 2 rings (SSSR count). The SMILES string of the molecule is CCSc1ccccc1C(=O)N1CCC(C)CC1. The average molecular weight is 263 g/mol. The van der Waals surface area contributed by atoms with E-state index in [-0.39, 0.29) is 5.91 Å². The Balaban J connectivity index is 2.13. The molecule has 0 atom stereocenters. The lowest BCUT2D eigenvalue weighted by Crippen LogP contribution is -2.38. The van der Waals surface area contributed by atoms with Crippen molar-refractivity contribution in [2.45, 2.75) is 31.6 Å². The molecule has 1 aromatic carbocycles. The van der Waals surface area contributed by atoms with Gasteiger partial charge in [0.1, 0.15) is 0 Å². The molecule has 0 bridgehead atoms. The fourth-order valence-electron chi connectivity index (χ4n) is 2.31. The van der Waals surface area contributed by atoms with E-state index in [0.29, 0.717) is 0 Å². The van der Waals surface area contributed by atoms with Gasteiger partial charge in [0, 0.05) is 18.0 Å². The lowest BCUT2D eigenvalue weighted by atomic mass is 9.98. The summed E-state index contributed by atoms with van der Waals surface area (Å²) in [6.45, 7) is 6.20. The van der Waals surface area contributed by atoms with Gasteiger partial charge >= 0.3 is 0 Å². The molecule has 1 aliphatic heterocycles. The highest BCUT2D eigenvalue weighted by Gasteiger charge is 2.22. The van der Waals surface area contributed by atoms with Gasteiger partial charge in [0.25, 0.3) is 5.91 Å². The molecule has 1 amide bonds. The standard InChI is InChI=1S/C15H21NOS/c1-3-18-14-7-5-4-6-13(14)15(17)16-10-8-12(2)9-11-16/h4-7,12H,3,8-11H2,1-2H3. The minimum Gasteiger partial charge on any atom is -0.339 e. The van der Waals surface area contributed by atoms with Crippen LogP contribution in [0.3, 0.4) is 0 Å². The second-order valence-corrected chi connectivity index (χ2v) is 6.21. The predicted molar refractivity (Wildman–Crippen MR) is 77.1 cm³/mol. The Morgan fingerprint density at radius 1 is 1.33 bits per heavy atom. The number of hydrogen-bond acceptors (Lipinski definition) is 2. The van der Waals surface area contributed by atoms with Crippen LogP contribution >= 0.6 is 11.8 Å². The largest absolute Gasteiger partial charge is 0.339 e. The Kier molecular flexibility index (Phi) is 4.70. The molecule has 2 nitrogen and oxygen atoms in total. The number of benzene rings is 1. The Bertz CT molecular complexity index is 411. The third-order valence-electron chi connectivity index (χ3n) is 3.49. The molecule has 0 aromatic heterocycles. The molecular weight excluding hydrogens is 242 g/mol. The van der Waals surface area contributed by atoms with E-state index < -0.39 is 0 Å². The number of piperidine rings is 1. The van der Waals surface area contributed by atoms with Gasteiger partial charge in [-0.2, -0.15) is 0 Å². The van der Waals surface area contributed by atoms with Gasteiger partial charge in [0.05, 0.1) is 5.56 Å². The van der Waals surface area contributed by atoms with Gasteiger partial charge in [-0.1, -0.05) is 26.0 Å². The number of rotatable bonds is 3. The van der Waals surface area contributed by atoms with Gasteiger partial charge in [-0.3, -0.25) is 4.79 Å². The molecule has 1 aromatic rings. The zero-order chi connectivity index (χ0) is 13.0. The molecule has 0 unspecified atom stereocenters. The van der Waals surface area contributed by atoms with Crippen LogP contribution in [-0.4, -0.2) is 29.6 Å². The fourth-order valence-corrected chi connectivity index (χ4v) is 3.10. The monoisotopic (exact) mass is 263 g/mol. The van der Waals surface area contributed by atoms with Crippen LogP contribution in [0.25, 0.3) is 0 Å². The second-order valence-electron chi connectivity index (χ2n) is 4.90. The molecule has 0 spiro atoms. The summed E-state index contributed by atoms with van der Waals surface area (Å²) in [5.41, 5.74) is 0.874. The van der Waals surface area contributed by atoms with E-state index in [1.165, 1.54) is 0 Å². The highest BCUT2D eigenvalue weighted by molar-refractivity contribution is 7.99. The normalized spacial score (nSPS) is 16.9. The third-order valence-corrected chi connectivity index (χ3v) is 4.44. The molecule has 0 N–H and O–H groups in total. The molecule has 1 saturated heterocycles. The fraction of sp³-hybridized carbons (Fsp3) is 0.533. The van der Waals surface area contributed by atoms with Gasteiger partial charge in [-0.15, -0.1) is 11.8 Å².